The number of rotatable bonds is 7. The largest absolute Gasteiger partial charge is 0.457 e. The number of fused-ring (bicyclic) bond motifs is 1. The van der Waals surface area contributed by atoms with Crippen LogP contribution < -0.4 is 10.3 Å². The summed E-state index contributed by atoms with van der Waals surface area (Å²) < 4.78 is 8.40. The fourth-order valence-electron chi connectivity index (χ4n) is 2.80. The van der Waals surface area contributed by atoms with Crippen LogP contribution >= 0.6 is 23.1 Å². The maximum absolute atomic E-state index is 12.8. The van der Waals surface area contributed by atoms with E-state index in [1.165, 1.54) is 23.1 Å². The summed E-state index contributed by atoms with van der Waals surface area (Å²) in [4.78, 5) is 17.5. The summed E-state index contributed by atoms with van der Waals surface area (Å²) in [6.07, 6.45) is 1.72. The Labute approximate surface area is 171 Å². The van der Waals surface area contributed by atoms with E-state index in [2.05, 4.69) is 6.58 Å². The van der Waals surface area contributed by atoms with Crippen molar-refractivity contribution in [2.24, 2.45) is 0 Å². The number of aromatic nitrogens is 2. The first-order valence-electron chi connectivity index (χ1n) is 8.79. The van der Waals surface area contributed by atoms with Gasteiger partial charge in [0.05, 0.1) is 5.52 Å². The topological polar surface area (TPSA) is 44.1 Å². The number of ether oxygens (including phenoxy) is 1. The van der Waals surface area contributed by atoms with Gasteiger partial charge in [0.15, 0.2) is 5.16 Å². The van der Waals surface area contributed by atoms with Crippen LogP contribution in [0.1, 0.15) is 5.56 Å². The summed E-state index contributed by atoms with van der Waals surface area (Å²) in [5.74, 6) is 2.24. The first-order chi connectivity index (χ1) is 13.8. The molecule has 2 aromatic carbocycles. The van der Waals surface area contributed by atoms with Crippen molar-refractivity contribution in [3.63, 3.8) is 0 Å². The SMILES string of the molecule is C=CCn1c(SCc2ccccc2Oc2ccccc2)nc2ccsc2c1=O. The molecule has 4 aromatic rings. The van der Waals surface area contributed by atoms with E-state index >= 15 is 0 Å². The maximum atomic E-state index is 12.8. The van der Waals surface area contributed by atoms with Crippen molar-refractivity contribution in [2.45, 2.75) is 17.5 Å². The summed E-state index contributed by atoms with van der Waals surface area (Å²) in [7, 11) is 0. The predicted octanol–water partition coefficient (Wildman–Crippen LogP) is 5.73. The molecular formula is C22H18N2O2S2. The number of para-hydroxylation sites is 2. The lowest BCUT2D eigenvalue weighted by Gasteiger charge is -2.13. The normalized spacial score (nSPS) is 10.9. The second-order valence-corrected chi connectivity index (χ2v) is 7.90. The summed E-state index contributed by atoms with van der Waals surface area (Å²) in [5, 5.41) is 2.58. The lowest BCUT2D eigenvalue weighted by Crippen LogP contribution is -2.21. The van der Waals surface area contributed by atoms with Crippen LogP contribution in [0.4, 0.5) is 0 Å². The van der Waals surface area contributed by atoms with Gasteiger partial charge in [-0.3, -0.25) is 9.36 Å². The van der Waals surface area contributed by atoms with E-state index in [1.54, 1.807) is 10.6 Å². The quantitative estimate of drug-likeness (QED) is 0.223. The van der Waals surface area contributed by atoms with Gasteiger partial charge in [-0.05, 0) is 29.6 Å². The minimum Gasteiger partial charge on any atom is -0.457 e. The van der Waals surface area contributed by atoms with Gasteiger partial charge >= 0.3 is 0 Å². The van der Waals surface area contributed by atoms with Crippen molar-refractivity contribution in [1.29, 1.82) is 0 Å². The summed E-state index contributed by atoms with van der Waals surface area (Å²) in [6.45, 7) is 4.21. The lowest BCUT2D eigenvalue weighted by atomic mass is 10.2. The molecular weight excluding hydrogens is 388 g/mol. The molecule has 2 heterocycles. The van der Waals surface area contributed by atoms with Crippen LogP contribution in [-0.4, -0.2) is 9.55 Å². The van der Waals surface area contributed by atoms with Gasteiger partial charge in [0.2, 0.25) is 0 Å². The maximum Gasteiger partial charge on any atom is 0.272 e. The van der Waals surface area contributed by atoms with E-state index in [0.29, 0.717) is 22.2 Å². The van der Waals surface area contributed by atoms with Crippen LogP contribution in [0.5, 0.6) is 11.5 Å². The molecule has 0 bridgehead atoms. The molecule has 0 aliphatic rings. The Bertz CT molecular complexity index is 1170. The fourth-order valence-corrected chi connectivity index (χ4v) is 4.58. The second-order valence-electron chi connectivity index (χ2n) is 6.05. The predicted molar refractivity (Wildman–Crippen MR) is 117 cm³/mol. The molecule has 0 spiro atoms. The minimum absolute atomic E-state index is 0.0174. The Kier molecular flexibility index (Phi) is 5.60. The third kappa shape index (κ3) is 3.88. The number of hydrogen-bond donors (Lipinski definition) is 0. The molecule has 0 radical (unpaired) electrons. The Hall–Kier alpha value is -2.83. The molecule has 0 amide bonds. The van der Waals surface area contributed by atoms with E-state index in [9.17, 15) is 4.79 Å². The van der Waals surface area contributed by atoms with Gasteiger partial charge in [0.1, 0.15) is 16.2 Å². The number of hydrogen-bond acceptors (Lipinski definition) is 5. The molecule has 4 rings (SSSR count). The molecule has 0 fully saturated rings. The van der Waals surface area contributed by atoms with Crippen LogP contribution in [0.3, 0.4) is 0 Å². The number of nitrogens with zero attached hydrogens (tertiary/aromatic N) is 2. The number of thioether (sulfide) groups is 1. The van der Waals surface area contributed by atoms with E-state index in [-0.39, 0.29) is 5.56 Å². The molecule has 4 nitrogen and oxygen atoms in total. The van der Waals surface area contributed by atoms with Crippen molar-refractivity contribution >= 4 is 33.3 Å². The zero-order chi connectivity index (χ0) is 19.3. The van der Waals surface area contributed by atoms with Gasteiger partial charge in [-0.1, -0.05) is 54.2 Å². The van der Waals surface area contributed by atoms with Crippen LogP contribution in [0.15, 0.2) is 88.6 Å². The third-order valence-electron chi connectivity index (χ3n) is 4.14. The Morgan fingerprint density at radius 1 is 1.11 bits per heavy atom. The highest BCUT2D eigenvalue weighted by atomic mass is 32.2. The Morgan fingerprint density at radius 3 is 2.71 bits per heavy atom. The van der Waals surface area contributed by atoms with Gasteiger partial charge in [0, 0.05) is 17.9 Å². The molecule has 0 aliphatic heterocycles. The highest BCUT2D eigenvalue weighted by molar-refractivity contribution is 7.98. The average Bonchev–Trinajstić information content (AvgIpc) is 3.19. The van der Waals surface area contributed by atoms with Crippen molar-refractivity contribution in [2.75, 3.05) is 0 Å². The molecule has 0 N–H and O–H groups in total. The summed E-state index contributed by atoms with van der Waals surface area (Å²) in [6, 6.07) is 19.5. The lowest BCUT2D eigenvalue weighted by molar-refractivity contribution is 0.478. The Balaban J connectivity index is 1.62. The number of benzene rings is 2. The highest BCUT2D eigenvalue weighted by Crippen LogP contribution is 2.30. The summed E-state index contributed by atoms with van der Waals surface area (Å²) in [5.41, 5.74) is 1.77. The minimum atomic E-state index is -0.0174. The molecule has 0 atom stereocenters. The van der Waals surface area contributed by atoms with E-state index in [0.717, 1.165) is 22.6 Å². The molecule has 6 heteroatoms. The molecule has 0 unspecified atom stereocenters. The van der Waals surface area contributed by atoms with Crippen molar-refractivity contribution in [3.05, 3.63) is 94.6 Å². The van der Waals surface area contributed by atoms with Crippen molar-refractivity contribution in [3.8, 4) is 11.5 Å². The highest BCUT2D eigenvalue weighted by Gasteiger charge is 2.13. The standard InChI is InChI=1S/C22H18N2O2S2/c1-2-13-24-21(25)20-18(12-14-27-20)23-22(24)28-15-16-8-6-7-11-19(16)26-17-9-4-3-5-10-17/h2-12,14H,1,13,15H2. The molecule has 2 aromatic heterocycles. The van der Waals surface area contributed by atoms with Gasteiger partial charge in [-0.15, -0.1) is 17.9 Å². The second kappa shape index (κ2) is 8.46. The van der Waals surface area contributed by atoms with Crippen molar-refractivity contribution in [1.82, 2.24) is 9.55 Å². The zero-order valence-corrected chi connectivity index (χ0v) is 16.7. The monoisotopic (exact) mass is 406 g/mol. The van der Waals surface area contributed by atoms with Gasteiger partial charge in [-0.25, -0.2) is 4.98 Å². The molecule has 140 valence electrons. The van der Waals surface area contributed by atoms with E-state index in [4.69, 9.17) is 9.72 Å². The average molecular weight is 407 g/mol. The Morgan fingerprint density at radius 2 is 1.89 bits per heavy atom. The first-order valence-corrected chi connectivity index (χ1v) is 10.7. The molecule has 0 aliphatic carbocycles. The first kappa shape index (κ1) is 18.5. The molecule has 28 heavy (non-hydrogen) atoms. The van der Waals surface area contributed by atoms with Crippen LogP contribution in [0.25, 0.3) is 10.2 Å². The fraction of sp³-hybridized carbons (Fsp3) is 0.0909. The van der Waals surface area contributed by atoms with Crippen LogP contribution in [0, 0.1) is 0 Å². The smallest absolute Gasteiger partial charge is 0.272 e. The van der Waals surface area contributed by atoms with Gasteiger partial charge in [0.25, 0.3) is 5.56 Å². The van der Waals surface area contributed by atoms with E-state index < -0.39 is 0 Å². The van der Waals surface area contributed by atoms with Gasteiger partial charge < -0.3 is 4.74 Å². The zero-order valence-electron chi connectivity index (χ0n) is 15.1. The van der Waals surface area contributed by atoms with Crippen LogP contribution in [0.2, 0.25) is 0 Å². The van der Waals surface area contributed by atoms with E-state index in [1.807, 2.05) is 66.0 Å². The third-order valence-corrected chi connectivity index (χ3v) is 6.06. The number of allylic oxidation sites excluding steroid dienone is 1. The van der Waals surface area contributed by atoms with Gasteiger partial charge in [-0.2, -0.15) is 0 Å². The summed E-state index contributed by atoms with van der Waals surface area (Å²) >= 11 is 2.95. The number of thiophene rings is 1. The van der Waals surface area contributed by atoms with Crippen LogP contribution in [-0.2, 0) is 12.3 Å². The molecule has 0 saturated carbocycles. The van der Waals surface area contributed by atoms with Crippen molar-refractivity contribution < 1.29 is 4.74 Å². The molecule has 0 saturated heterocycles.